The fraction of sp³-hybridized carbons (Fsp3) is 0.269. The Kier molecular flexibility index (Phi) is 8.39. The minimum atomic E-state index is -3.91. The molecule has 0 unspecified atom stereocenters. The van der Waals surface area contributed by atoms with Gasteiger partial charge in [0.1, 0.15) is 0 Å². The van der Waals surface area contributed by atoms with Gasteiger partial charge in [0.2, 0.25) is 10.0 Å². The molecule has 2 N–H and O–H groups in total. The van der Waals surface area contributed by atoms with Crippen molar-refractivity contribution in [1.29, 1.82) is 0 Å². The highest BCUT2D eigenvalue weighted by Gasteiger charge is 2.29. The molecule has 3 aromatic carbocycles. The first kappa shape index (κ1) is 28.4. The lowest BCUT2D eigenvalue weighted by molar-refractivity contribution is 0.102. The standard InChI is InChI=1S/C26H27Cl2N3O5S2/c1-17-12-14-31(15-13-17)38(35,36)21-10-11-24(28)22(16-21)26(32)29-19-6-8-20(9-7-19)37(33,34)30-25-5-3-4-23(27)18(25)2/h3-11,16-17,30H,12-15H2,1-2H3,(H,29,32). The molecule has 12 heteroatoms. The normalized spacial score (nSPS) is 15.3. The Labute approximate surface area is 233 Å². The Balaban J connectivity index is 1.50. The Bertz CT molecular complexity index is 1570. The fourth-order valence-electron chi connectivity index (χ4n) is 4.05. The molecule has 1 fully saturated rings. The van der Waals surface area contributed by atoms with Crippen LogP contribution in [0.15, 0.2) is 70.5 Å². The number of benzene rings is 3. The number of hydrogen-bond donors (Lipinski definition) is 2. The third kappa shape index (κ3) is 6.16. The van der Waals surface area contributed by atoms with Crippen LogP contribution in [0.1, 0.15) is 35.7 Å². The molecule has 0 bridgehead atoms. The van der Waals surface area contributed by atoms with Crippen molar-refractivity contribution in [2.45, 2.75) is 36.5 Å². The van der Waals surface area contributed by atoms with E-state index in [2.05, 4.69) is 17.0 Å². The van der Waals surface area contributed by atoms with Crippen molar-refractivity contribution in [3.8, 4) is 0 Å². The average Bonchev–Trinajstić information content (AvgIpc) is 2.87. The average molecular weight is 597 g/mol. The van der Waals surface area contributed by atoms with Gasteiger partial charge in [0.15, 0.2) is 0 Å². The number of piperidine rings is 1. The van der Waals surface area contributed by atoms with Gasteiger partial charge in [-0.25, -0.2) is 16.8 Å². The number of anilines is 2. The molecule has 3 aromatic rings. The Hall–Kier alpha value is -2.63. The van der Waals surface area contributed by atoms with Crippen molar-refractivity contribution in [2.75, 3.05) is 23.1 Å². The van der Waals surface area contributed by atoms with E-state index in [-0.39, 0.29) is 20.4 Å². The number of rotatable bonds is 7. The zero-order chi connectivity index (χ0) is 27.7. The lowest BCUT2D eigenvalue weighted by Gasteiger charge is -2.29. The molecule has 1 aliphatic heterocycles. The van der Waals surface area contributed by atoms with Crippen LogP contribution in [-0.4, -0.2) is 40.1 Å². The quantitative estimate of drug-likeness (QED) is 0.359. The number of nitrogens with zero attached hydrogens (tertiary/aromatic N) is 1. The van der Waals surface area contributed by atoms with Crippen LogP contribution in [0.5, 0.6) is 0 Å². The maximum atomic E-state index is 13.1. The first-order chi connectivity index (χ1) is 17.9. The van der Waals surface area contributed by atoms with Crippen molar-refractivity contribution in [3.63, 3.8) is 0 Å². The minimum absolute atomic E-state index is 0.00656. The number of carbonyl (C=O) groups is 1. The van der Waals surface area contributed by atoms with Crippen LogP contribution in [0.4, 0.5) is 11.4 Å². The molecule has 1 heterocycles. The predicted octanol–water partition coefficient (Wildman–Crippen LogP) is 5.78. The predicted molar refractivity (Wildman–Crippen MR) is 150 cm³/mol. The van der Waals surface area contributed by atoms with Crippen molar-refractivity contribution in [2.24, 2.45) is 5.92 Å². The summed E-state index contributed by atoms with van der Waals surface area (Å²) in [6.45, 7) is 4.65. The molecule has 0 atom stereocenters. The van der Waals surface area contributed by atoms with Crippen molar-refractivity contribution >= 4 is 60.5 Å². The minimum Gasteiger partial charge on any atom is -0.322 e. The number of nitrogens with one attached hydrogen (secondary N) is 2. The molecule has 1 saturated heterocycles. The summed E-state index contributed by atoms with van der Waals surface area (Å²) in [4.78, 5) is 13.0. The first-order valence-corrected chi connectivity index (χ1v) is 15.6. The van der Waals surface area contributed by atoms with Gasteiger partial charge in [0, 0.05) is 23.8 Å². The first-order valence-electron chi connectivity index (χ1n) is 11.9. The van der Waals surface area contributed by atoms with Crippen LogP contribution in [0.2, 0.25) is 10.0 Å². The van der Waals surface area contributed by atoms with Crippen molar-refractivity contribution < 1.29 is 21.6 Å². The van der Waals surface area contributed by atoms with Crippen LogP contribution < -0.4 is 10.0 Å². The van der Waals surface area contributed by atoms with E-state index < -0.39 is 26.0 Å². The number of hydrogen-bond acceptors (Lipinski definition) is 5. The molecule has 0 aliphatic carbocycles. The van der Waals surface area contributed by atoms with Gasteiger partial charge in [-0.05, 0) is 85.8 Å². The van der Waals surface area contributed by atoms with E-state index in [0.29, 0.717) is 41.0 Å². The highest BCUT2D eigenvalue weighted by molar-refractivity contribution is 7.92. The highest BCUT2D eigenvalue weighted by atomic mass is 35.5. The van der Waals surface area contributed by atoms with Gasteiger partial charge in [0.25, 0.3) is 15.9 Å². The lowest BCUT2D eigenvalue weighted by atomic mass is 10.0. The molecule has 1 amide bonds. The number of sulfonamides is 2. The van der Waals surface area contributed by atoms with Crippen LogP contribution in [0.3, 0.4) is 0 Å². The summed E-state index contributed by atoms with van der Waals surface area (Å²) in [7, 11) is -7.68. The molecule has 0 saturated carbocycles. The van der Waals surface area contributed by atoms with Gasteiger partial charge in [-0.2, -0.15) is 4.31 Å². The molecular weight excluding hydrogens is 569 g/mol. The largest absolute Gasteiger partial charge is 0.322 e. The van der Waals surface area contributed by atoms with E-state index in [9.17, 15) is 21.6 Å². The molecule has 8 nitrogen and oxygen atoms in total. The second-order valence-corrected chi connectivity index (χ2v) is 13.7. The molecule has 0 radical (unpaired) electrons. The van der Waals surface area contributed by atoms with Crippen LogP contribution in [-0.2, 0) is 20.0 Å². The molecule has 202 valence electrons. The Morgan fingerprint density at radius 3 is 2.18 bits per heavy atom. The molecule has 0 aromatic heterocycles. The van der Waals surface area contributed by atoms with E-state index in [4.69, 9.17) is 23.2 Å². The van der Waals surface area contributed by atoms with E-state index in [1.807, 2.05) is 0 Å². The van der Waals surface area contributed by atoms with Crippen molar-refractivity contribution in [3.05, 3.63) is 81.8 Å². The monoisotopic (exact) mass is 595 g/mol. The van der Waals surface area contributed by atoms with E-state index >= 15 is 0 Å². The summed E-state index contributed by atoms with van der Waals surface area (Å²) in [5, 5.41) is 3.17. The lowest BCUT2D eigenvalue weighted by Crippen LogP contribution is -2.37. The van der Waals surface area contributed by atoms with Crippen molar-refractivity contribution in [1.82, 2.24) is 4.31 Å². The van der Waals surface area contributed by atoms with Gasteiger partial charge in [-0.15, -0.1) is 0 Å². The SMILES string of the molecule is Cc1c(Cl)cccc1NS(=O)(=O)c1ccc(NC(=O)c2cc(S(=O)(=O)N3CCC(C)CC3)ccc2Cl)cc1. The van der Waals surface area contributed by atoms with E-state index in [1.165, 1.54) is 46.8 Å². The highest BCUT2D eigenvalue weighted by Crippen LogP contribution is 2.28. The number of halogens is 2. The zero-order valence-electron chi connectivity index (χ0n) is 20.7. The Morgan fingerprint density at radius 1 is 0.895 bits per heavy atom. The maximum Gasteiger partial charge on any atom is 0.261 e. The Morgan fingerprint density at radius 2 is 1.53 bits per heavy atom. The number of amides is 1. The summed E-state index contributed by atoms with van der Waals surface area (Å²) in [5.41, 5.74) is 1.26. The maximum absolute atomic E-state index is 13.1. The van der Waals surface area contributed by atoms with Crippen LogP contribution in [0.25, 0.3) is 0 Å². The smallest absolute Gasteiger partial charge is 0.261 e. The summed E-state index contributed by atoms with van der Waals surface area (Å²) < 4.78 is 55.8. The van der Waals surface area contributed by atoms with Gasteiger partial charge in [-0.3, -0.25) is 9.52 Å². The second-order valence-electron chi connectivity index (χ2n) is 9.22. The molecule has 1 aliphatic rings. The summed E-state index contributed by atoms with van der Waals surface area (Å²) in [6, 6.07) is 14.5. The van der Waals surface area contributed by atoms with Crippen LogP contribution >= 0.6 is 23.2 Å². The molecular formula is C26H27Cl2N3O5S2. The van der Waals surface area contributed by atoms with E-state index in [1.54, 1.807) is 25.1 Å². The van der Waals surface area contributed by atoms with Gasteiger partial charge >= 0.3 is 0 Å². The summed E-state index contributed by atoms with van der Waals surface area (Å²) >= 11 is 12.3. The molecule has 0 spiro atoms. The fourth-order valence-corrected chi connectivity index (χ4v) is 7.05. The third-order valence-electron chi connectivity index (χ3n) is 6.50. The summed E-state index contributed by atoms with van der Waals surface area (Å²) in [5.74, 6) is -0.159. The zero-order valence-corrected chi connectivity index (χ0v) is 23.9. The van der Waals surface area contributed by atoms with Crippen LogP contribution in [0, 0.1) is 12.8 Å². The van der Waals surface area contributed by atoms with Gasteiger partial charge in [-0.1, -0.05) is 36.2 Å². The topological polar surface area (TPSA) is 113 Å². The summed E-state index contributed by atoms with van der Waals surface area (Å²) in [6.07, 6.45) is 1.56. The van der Waals surface area contributed by atoms with Gasteiger partial charge in [0.05, 0.1) is 26.1 Å². The second kappa shape index (κ2) is 11.2. The van der Waals surface area contributed by atoms with E-state index in [0.717, 1.165) is 12.8 Å². The molecule has 38 heavy (non-hydrogen) atoms. The third-order valence-corrected chi connectivity index (χ3v) is 10.5. The molecule has 4 rings (SSSR count). The van der Waals surface area contributed by atoms with Gasteiger partial charge < -0.3 is 5.32 Å². The number of carbonyl (C=O) groups excluding carboxylic acids is 1.